The summed E-state index contributed by atoms with van der Waals surface area (Å²) in [5.74, 6) is -1.57. The average molecular weight is 455 g/mol. The van der Waals surface area contributed by atoms with Crippen LogP contribution >= 0.6 is 0 Å². The maximum Gasteiger partial charge on any atom is 0.282 e. The Balaban J connectivity index is 1.65. The van der Waals surface area contributed by atoms with E-state index in [1.807, 2.05) is 29.2 Å². The molecule has 0 aromatic heterocycles. The van der Waals surface area contributed by atoms with Gasteiger partial charge >= 0.3 is 0 Å². The monoisotopic (exact) mass is 455 g/mol. The first-order chi connectivity index (χ1) is 16.4. The average Bonchev–Trinajstić information content (AvgIpc) is 3.09. The van der Waals surface area contributed by atoms with E-state index in [4.69, 9.17) is 0 Å². The zero-order valence-corrected chi connectivity index (χ0v) is 18.5. The van der Waals surface area contributed by atoms with E-state index in [0.717, 1.165) is 29.0 Å². The molecular formula is C27H22FN3O3. The molecule has 0 aliphatic carbocycles. The quantitative estimate of drug-likeness (QED) is 0.588. The molecule has 2 heterocycles. The standard InChI is InChI=1S/C27H22FN3O3/c1-17(32)29-21-12-8-19(9-13-21)24-25(30-16-4-6-18-5-2-3-7-23(18)30)27(34)31(26(24)33)22-14-10-20(28)11-15-22/h2-3,5,7-15H,4,6,16H2,1H3,(H,29,32). The lowest BCUT2D eigenvalue weighted by Crippen LogP contribution is -2.37. The van der Waals surface area contributed by atoms with E-state index in [1.165, 1.54) is 31.2 Å². The van der Waals surface area contributed by atoms with Gasteiger partial charge < -0.3 is 10.2 Å². The van der Waals surface area contributed by atoms with Gasteiger partial charge in [0, 0.05) is 24.8 Å². The highest BCUT2D eigenvalue weighted by atomic mass is 19.1. The molecule has 0 atom stereocenters. The van der Waals surface area contributed by atoms with Crippen molar-refractivity contribution in [1.82, 2.24) is 0 Å². The number of nitrogens with one attached hydrogen (secondary N) is 1. The van der Waals surface area contributed by atoms with Crippen molar-refractivity contribution in [1.29, 1.82) is 0 Å². The number of halogens is 1. The molecule has 0 fully saturated rings. The number of amides is 3. The van der Waals surface area contributed by atoms with Gasteiger partial charge in [0.25, 0.3) is 11.8 Å². The molecule has 0 saturated carbocycles. The van der Waals surface area contributed by atoms with Gasteiger partial charge in [0.15, 0.2) is 0 Å². The Morgan fingerprint density at radius 1 is 0.912 bits per heavy atom. The van der Waals surface area contributed by atoms with E-state index in [9.17, 15) is 18.8 Å². The van der Waals surface area contributed by atoms with Crippen LogP contribution in [0, 0.1) is 5.82 Å². The molecule has 0 bridgehead atoms. The number of hydrogen-bond acceptors (Lipinski definition) is 4. The Kier molecular flexibility index (Phi) is 5.45. The molecule has 34 heavy (non-hydrogen) atoms. The van der Waals surface area contributed by atoms with Crippen LogP contribution in [0.3, 0.4) is 0 Å². The van der Waals surface area contributed by atoms with Crippen molar-refractivity contribution in [2.24, 2.45) is 0 Å². The first kappa shape index (κ1) is 21.6. The number of hydrogen-bond donors (Lipinski definition) is 1. The summed E-state index contributed by atoms with van der Waals surface area (Å²) in [6.07, 6.45) is 1.73. The summed E-state index contributed by atoms with van der Waals surface area (Å²) in [4.78, 5) is 41.9. The molecule has 170 valence electrons. The number of imide groups is 1. The normalized spacial score (nSPS) is 15.6. The molecule has 3 aromatic carbocycles. The number of carbonyl (C=O) groups excluding carboxylic acids is 3. The minimum absolute atomic E-state index is 0.202. The molecular weight excluding hydrogens is 433 g/mol. The number of fused-ring (bicyclic) bond motifs is 1. The predicted octanol–water partition coefficient (Wildman–Crippen LogP) is 4.52. The SMILES string of the molecule is CC(=O)Nc1ccc(C2=C(N3CCCc4ccccc43)C(=O)N(c3ccc(F)cc3)C2=O)cc1. The van der Waals surface area contributed by atoms with Gasteiger partial charge in [-0.25, -0.2) is 9.29 Å². The van der Waals surface area contributed by atoms with Crippen molar-refractivity contribution < 1.29 is 18.8 Å². The fourth-order valence-corrected chi connectivity index (χ4v) is 4.54. The Morgan fingerprint density at radius 3 is 2.32 bits per heavy atom. The number of benzene rings is 3. The van der Waals surface area contributed by atoms with Gasteiger partial charge in [-0.2, -0.15) is 0 Å². The fourth-order valence-electron chi connectivity index (χ4n) is 4.54. The molecule has 6 nitrogen and oxygen atoms in total. The third-order valence-corrected chi connectivity index (χ3v) is 6.02. The topological polar surface area (TPSA) is 69.7 Å². The first-order valence-corrected chi connectivity index (χ1v) is 11.1. The molecule has 0 saturated heterocycles. The van der Waals surface area contributed by atoms with Crippen molar-refractivity contribution in [3.05, 3.63) is 95.4 Å². The Labute approximate surface area is 196 Å². The van der Waals surface area contributed by atoms with Crippen molar-refractivity contribution in [2.45, 2.75) is 19.8 Å². The molecule has 0 unspecified atom stereocenters. The second-order valence-corrected chi connectivity index (χ2v) is 8.29. The lowest BCUT2D eigenvalue weighted by atomic mass is 9.98. The number of aryl methyl sites for hydroxylation is 1. The summed E-state index contributed by atoms with van der Waals surface area (Å²) in [7, 11) is 0. The number of para-hydroxylation sites is 1. The molecule has 2 aliphatic rings. The van der Waals surface area contributed by atoms with E-state index >= 15 is 0 Å². The van der Waals surface area contributed by atoms with Gasteiger partial charge in [0.1, 0.15) is 11.5 Å². The molecule has 3 aromatic rings. The van der Waals surface area contributed by atoms with Crippen molar-refractivity contribution in [3.8, 4) is 0 Å². The van der Waals surface area contributed by atoms with E-state index in [1.54, 1.807) is 24.3 Å². The van der Waals surface area contributed by atoms with E-state index in [0.29, 0.717) is 29.2 Å². The number of carbonyl (C=O) groups is 3. The summed E-state index contributed by atoms with van der Waals surface area (Å²) < 4.78 is 13.5. The smallest absolute Gasteiger partial charge is 0.282 e. The van der Waals surface area contributed by atoms with Crippen LogP contribution in [0.25, 0.3) is 5.57 Å². The van der Waals surface area contributed by atoms with E-state index in [2.05, 4.69) is 5.32 Å². The summed E-state index contributed by atoms with van der Waals surface area (Å²) in [6.45, 7) is 2.01. The number of rotatable bonds is 4. The summed E-state index contributed by atoms with van der Waals surface area (Å²) in [5.41, 5.74) is 4.06. The Hall–Kier alpha value is -4.26. The van der Waals surface area contributed by atoms with Gasteiger partial charge in [-0.3, -0.25) is 14.4 Å². The van der Waals surface area contributed by atoms with E-state index < -0.39 is 17.6 Å². The zero-order valence-electron chi connectivity index (χ0n) is 18.5. The predicted molar refractivity (Wildman–Crippen MR) is 129 cm³/mol. The van der Waals surface area contributed by atoms with Gasteiger partial charge in [-0.1, -0.05) is 30.3 Å². The largest absolute Gasteiger partial charge is 0.336 e. The Morgan fingerprint density at radius 2 is 1.62 bits per heavy atom. The lowest BCUT2D eigenvalue weighted by Gasteiger charge is -2.32. The van der Waals surface area contributed by atoms with Crippen LogP contribution in [-0.4, -0.2) is 24.3 Å². The molecule has 0 radical (unpaired) electrons. The summed E-state index contributed by atoms with van der Waals surface area (Å²) >= 11 is 0. The van der Waals surface area contributed by atoms with Crippen LogP contribution in [0.15, 0.2) is 78.5 Å². The van der Waals surface area contributed by atoms with Crippen molar-refractivity contribution in [3.63, 3.8) is 0 Å². The molecule has 1 N–H and O–H groups in total. The molecule has 7 heteroatoms. The second kappa shape index (κ2) is 8.59. The lowest BCUT2D eigenvalue weighted by molar-refractivity contribution is -0.120. The van der Waals surface area contributed by atoms with Gasteiger partial charge in [-0.15, -0.1) is 0 Å². The van der Waals surface area contributed by atoms with Crippen LogP contribution in [0.4, 0.5) is 21.5 Å². The highest BCUT2D eigenvalue weighted by Crippen LogP contribution is 2.39. The first-order valence-electron chi connectivity index (χ1n) is 11.1. The summed E-state index contributed by atoms with van der Waals surface area (Å²) in [5, 5.41) is 2.71. The third kappa shape index (κ3) is 3.75. The van der Waals surface area contributed by atoms with Crippen LogP contribution in [-0.2, 0) is 20.8 Å². The number of anilines is 3. The number of nitrogens with zero attached hydrogens (tertiary/aromatic N) is 2. The van der Waals surface area contributed by atoms with Crippen molar-refractivity contribution >= 4 is 40.4 Å². The summed E-state index contributed by atoms with van der Waals surface area (Å²) in [6, 6.07) is 20.0. The van der Waals surface area contributed by atoms with Crippen LogP contribution in [0.2, 0.25) is 0 Å². The zero-order chi connectivity index (χ0) is 23.8. The molecule has 5 rings (SSSR count). The minimum Gasteiger partial charge on any atom is -0.336 e. The second-order valence-electron chi connectivity index (χ2n) is 8.29. The van der Waals surface area contributed by atoms with Gasteiger partial charge in [0.2, 0.25) is 5.91 Å². The molecule has 3 amide bonds. The molecule has 2 aliphatic heterocycles. The van der Waals surface area contributed by atoms with Crippen molar-refractivity contribution in [2.75, 3.05) is 21.7 Å². The minimum atomic E-state index is -0.470. The van der Waals surface area contributed by atoms with E-state index in [-0.39, 0.29) is 11.5 Å². The van der Waals surface area contributed by atoms with Crippen LogP contribution in [0.1, 0.15) is 24.5 Å². The fraction of sp³-hybridized carbons (Fsp3) is 0.148. The third-order valence-electron chi connectivity index (χ3n) is 6.02. The van der Waals surface area contributed by atoms with Gasteiger partial charge in [-0.05, 0) is 66.4 Å². The maximum absolute atomic E-state index is 13.8. The van der Waals surface area contributed by atoms with Gasteiger partial charge in [0.05, 0.1) is 11.3 Å². The van der Waals surface area contributed by atoms with Crippen LogP contribution < -0.4 is 15.1 Å². The molecule has 0 spiro atoms. The van der Waals surface area contributed by atoms with Crippen LogP contribution in [0.5, 0.6) is 0 Å². The Bertz CT molecular complexity index is 1330. The highest BCUT2D eigenvalue weighted by molar-refractivity contribution is 6.46. The maximum atomic E-state index is 13.8. The highest BCUT2D eigenvalue weighted by Gasteiger charge is 2.43.